The van der Waals surface area contributed by atoms with E-state index in [2.05, 4.69) is 29.4 Å². The lowest BCUT2D eigenvalue weighted by Crippen LogP contribution is -2.39. The van der Waals surface area contributed by atoms with Gasteiger partial charge in [-0.15, -0.1) is 0 Å². The van der Waals surface area contributed by atoms with Gasteiger partial charge in [0.15, 0.2) is 0 Å². The molecule has 0 atom stereocenters. The van der Waals surface area contributed by atoms with Gasteiger partial charge in [-0.05, 0) is 80.4 Å². The van der Waals surface area contributed by atoms with Crippen molar-refractivity contribution in [2.24, 2.45) is 0 Å². The molecule has 1 aromatic rings. The maximum atomic E-state index is 3.55. The average molecular weight is 242 g/mol. The minimum absolute atomic E-state index is 0.515. The number of likely N-dealkylation sites (tertiary alicyclic amines) is 1. The second kappa shape index (κ2) is 3.74. The van der Waals surface area contributed by atoms with E-state index in [-0.39, 0.29) is 0 Å². The molecule has 18 heavy (non-hydrogen) atoms. The zero-order valence-electron chi connectivity index (χ0n) is 11.3. The number of hydrogen-bond acceptors (Lipinski definition) is 2. The van der Waals surface area contributed by atoms with Crippen molar-refractivity contribution in [2.75, 3.05) is 32.0 Å². The summed E-state index contributed by atoms with van der Waals surface area (Å²) in [6.07, 6.45) is 6.63. The van der Waals surface area contributed by atoms with Gasteiger partial charge in [0.05, 0.1) is 0 Å². The predicted molar refractivity (Wildman–Crippen MR) is 75.4 cm³/mol. The van der Waals surface area contributed by atoms with Crippen LogP contribution in [-0.2, 0) is 18.3 Å². The van der Waals surface area contributed by atoms with E-state index < -0.39 is 0 Å². The molecule has 3 aliphatic rings. The highest BCUT2D eigenvalue weighted by atomic mass is 15.1. The van der Waals surface area contributed by atoms with E-state index in [4.69, 9.17) is 0 Å². The summed E-state index contributed by atoms with van der Waals surface area (Å²) in [6, 6.07) is 4.99. The summed E-state index contributed by atoms with van der Waals surface area (Å²) in [7, 11) is 2.26. The number of piperidine rings is 1. The molecule has 1 aliphatic carbocycles. The van der Waals surface area contributed by atoms with Crippen molar-refractivity contribution in [3.63, 3.8) is 0 Å². The van der Waals surface area contributed by atoms with Crippen LogP contribution >= 0.6 is 0 Å². The monoisotopic (exact) mass is 242 g/mol. The van der Waals surface area contributed by atoms with Gasteiger partial charge in [-0.2, -0.15) is 0 Å². The Hall–Kier alpha value is -1.02. The Morgan fingerprint density at radius 1 is 1.06 bits per heavy atom. The molecule has 2 heteroatoms. The topological polar surface area (TPSA) is 15.3 Å². The maximum absolute atomic E-state index is 3.55. The van der Waals surface area contributed by atoms with Gasteiger partial charge in [0, 0.05) is 12.2 Å². The van der Waals surface area contributed by atoms with Crippen LogP contribution in [0.3, 0.4) is 0 Å². The minimum atomic E-state index is 0.515. The van der Waals surface area contributed by atoms with Crippen LogP contribution in [0.15, 0.2) is 12.1 Å². The molecule has 1 saturated heterocycles. The van der Waals surface area contributed by atoms with E-state index in [0.717, 1.165) is 6.54 Å². The third-order valence-electron chi connectivity index (χ3n) is 5.43. The SMILES string of the molecule is CN1CCC2(CCc3cc4c(cc32)NCC4)CC1. The van der Waals surface area contributed by atoms with Crippen molar-refractivity contribution in [3.05, 3.63) is 28.8 Å². The number of rotatable bonds is 0. The number of aryl methyl sites for hydroxylation is 1. The van der Waals surface area contributed by atoms with Crippen molar-refractivity contribution in [3.8, 4) is 0 Å². The molecule has 0 unspecified atom stereocenters. The van der Waals surface area contributed by atoms with Gasteiger partial charge in [0.2, 0.25) is 0 Å². The summed E-state index contributed by atoms with van der Waals surface area (Å²) in [5, 5.41) is 3.55. The zero-order chi connectivity index (χ0) is 12.2. The highest BCUT2D eigenvalue weighted by molar-refractivity contribution is 5.61. The first-order valence-corrected chi connectivity index (χ1v) is 7.36. The van der Waals surface area contributed by atoms with Crippen LogP contribution in [-0.4, -0.2) is 31.6 Å². The average Bonchev–Trinajstić information content (AvgIpc) is 2.96. The first-order valence-electron chi connectivity index (χ1n) is 7.36. The van der Waals surface area contributed by atoms with Crippen LogP contribution in [0.2, 0.25) is 0 Å². The standard InChI is InChI=1S/C16H22N2/c1-18-8-5-16(6-9-18)4-2-12-10-13-3-7-17-15(13)11-14(12)16/h10-11,17H,2-9H2,1H3. The fourth-order valence-corrected chi connectivity index (χ4v) is 4.17. The lowest BCUT2D eigenvalue weighted by atomic mass is 9.73. The van der Waals surface area contributed by atoms with Gasteiger partial charge in [0.1, 0.15) is 0 Å². The quantitative estimate of drug-likeness (QED) is 0.752. The van der Waals surface area contributed by atoms with Crippen molar-refractivity contribution in [1.29, 1.82) is 0 Å². The second-order valence-corrected chi connectivity index (χ2v) is 6.43. The summed E-state index contributed by atoms with van der Waals surface area (Å²) in [5.41, 5.74) is 6.83. The Bertz CT molecular complexity index is 484. The van der Waals surface area contributed by atoms with E-state index in [9.17, 15) is 0 Å². The summed E-state index contributed by atoms with van der Waals surface area (Å²) in [6.45, 7) is 3.67. The molecule has 96 valence electrons. The minimum Gasteiger partial charge on any atom is -0.384 e. The van der Waals surface area contributed by atoms with E-state index in [1.807, 2.05) is 0 Å². The van der Waals surface area contributed by atoms with Crippen molar-refractivity contribution >= 4 is 5.69 Å². The van der Waals surface area contributed by atoms with E-state index in [0.29, 0.717) is 5.41 Å². The van der Waals surface area contributed by atoms with E-state index >= 15 is 0 Å². The van der Waals surface area contributed by atoms with Crippen molar-refractivity contribution in [2.45, 2.75) is 37.5 Å². The van der Waals surface area contributed by atoms with Crippen molar-refractivity contribution < 1.29 is 0 Å². The molecule has 0 saturated carbocycles. The summed E-state index contributed by atoms with van der Waals surface area (Å²) < 4.78 is 0. The van der Waals surface area contributed by atoms with Crippen molar-refractivity contribution in [1.82, 2.24) is 4.90 Å². The number of nitrogens with zero attached hydrogens (tertiary/aromatic N) is 1. The number of nitrogens with one attached hydrogen (secondary N) is 1. The summed E-state index contributed by atoms with van der Waals surface area (Å²) >= 11 is 0. The third-order valence-corrected chi connectivity index (χ3v) is 5.43. The Morgan fingerprint density at radius 3 is 2.72 bits per heavy atom. The van der Waals surface area contributed by atoms with Crippen LogP contribution in [0.5, 0.6) is 0 Å². The van der Waals surface area contributed by atoms with Gasteiger partial charge >= 0.3 is 0 Å². The molecule has 4 rings (SSSR count). The molecular weight excluding hydrogens is 220 g/mol. The smallest absolute Gasteiger partial charge is 0.0376 e. The molecule has 0 amide bonds. The number of fused-ring (bicyclic) bond motifs is 3. The predicted octanol–water partition coefficient (Wildman–Crippen LogP) is 2.56. The third kappa shape index (κ3) is 1.45. The highest BCUT2D eigenvalue weighted by Crippen LogP contribution is 2.48. The highest BCUT2D eigenvalue weighted by Gasteiger charge is 2.41. The number of hydrogen-bond donors (Lipinski definition) is 1. The van der Waals surface area contributed by atoms with Crippen LogP contribution in [0, 0.1) is 0 Å². The lowest BCUT2D eigenvalue weighted by molar-refractivity contribution is 0.187. The maximum Gasteiger partial charge on any atom is 0.0376 e. The Kier molecular flexibility index (Phi) is 2.25. The molecule has 2 heterocycles. The van der Waals surface area contributed by atoms with Gasteiger partial charge < -0.3 is 10.2 Å². The first-order chi connectivity index (χ1) is 8.77. The largest absolute Gasteiger partial charge is 0.384 e. The van der Waals surface area contributed by atoms with Gasteiger partial charge in [-0.1, -0.05) is 6.07 Å². The number of anilines is 1. The van der Waals surface area contributed by atoms with Gasteiger partial charge in [-0.3, -0.25) is 0 Å². The van der Waals surface area contributed by atoms with Crippen LogP contribution in [0.25, 0.3) is 0 Å². The Labute approximate surface area is 109 Å². The van der Waals surface area contributed by atoms with Crippen LogP contribution in [0.4, 0.5) is 5.69 Å². The van der Waals surface area contributed by atoms with Crippen LogP contribution in [0.1, 0.15) is 36.0 Å². The molecule has 2 aliphatic heterocycles. The van der Waals surface area contributed by atoms with E-state index in [1.54, 1.807) is 16.7 Å². The normalized spacial score (nSPS) is 24.9. The zero-order valence-corrected chi connectivity index (χ0v) is 11.3. The molecule has 1 N–H and O–H groups in total. The number of benzene rings is 1. The fraction of sp³-hybridized carbons (Fsp3) is 0.625. The summed E-state index contributed by atoms with van der Waals surface area (Å²) in [4.78, 5) is 2.48. The summed E-state index contributed by atoms with van der Waals surface area (Å²) in [5.74, 6) is 0. The van der Waals surface area contributed by atoms with Gasteiger partial charge in [0.25, 0.3) is 0 Å². The first kappa shape index (κ1) is 10.9. The second-order valence-electron chi connectivity index (χ2n) is 6.43. The van der Waals surface area contributed by atoms with E-state index in [1.165, 1.54) is 50.9 Å². The lowest BCUT2D eigenvalue weighted by Gasteiger charge is -2.38. The fourth-order valence-electron chi connectivity index (χ4n) is 4.17. The molecule has 0 aromatic heterocycles. The molecule has 1 spiro atoms. The molecule has 0 radical (unpaired) electrons. The molecule has 0 bridgehead atoms. The Morgan fingerprint density at radius 2 is 1.89 bits per heavy atom. The molecular formula is C16H22N2. The molecule has 1 aromatic carbocycles. The molecule has 2 nitrogen and oxygen atoms in total. The van der Waals surface area contributed by atoms with Crippen LogP contribution < -0.4 is 5.32 Å². The Balaban J connectivity index is 1.75. The molecule has 1 fully saturated rings. The van der Waals surface area contributed by atoms with Gasteiger partial charge in [-0.25, -0.2) is 0 Å².